The average molecular weight is 256 g/mol. The summed E-state index contributed by atoms with van der Waals surface area (Å²) in [4.78, 5) is 0. The molecule has 3 heteroatoms. The third-order valence-corrected chi connectivity index (χ3v) is 4.04. The molecule has 0 amide bonds. The van der Waals surface area contributed by atoms with Gasteiger partial charge >= 0.3 is 0 Å². The van der Waals surface area contributed by atoms with Crippen LogP contribution in [-0.2, 0) is 0 Å². The Morgan fingerprint density at radius 1 is 1.18 bits per heavy atom. The lowest BCUT2D eigenvalue weighted by molar-refractivity contribution is 0.381. The first-order valence-corrected chi connectivity index (χ1v) is 6.77. The number of hydrogen-bond donors (Lipinski definition) is 1. The maximum atomic E-state index is 13.4. The predicted octanol–water partition coefficient (Wildman–Crippen LogP) is 4.45. The van der Waals surface area contributed by atoms with Crippen LogP contribution in [0.2, 0.25) is 5.02 Å². The van der Waals surface area contributed by atoms with Crippen LogP contribution < -0.4 is 5.73 Å². The second-order valence-electron chi connectivity index (χ2n) is 4.95. The number of benzene rings is 1. The molecule has 1 nitrogen and oxygen atoms in total. The molecule has 1 fully saturated rings. The summed E-state index contributed by atoms with van der Waals surface area (Å²) in [5.41, 5.74) is 7.12. The van der Waals surface area contributed by atoms with E-state index in [4.69, 9.17) is 17.3 Å². The molecule has 0 spiro atoms. The summed E-state index contributed by atoms with van der Waals surface area (Å²) in [6.45, 7) is 0. The molecule has 1 aliphatic rings. The van der Waals surface area contributed by atoms with E-state index in [1.165, 1.54) is 31.7 Å². The first-order chi connectivity index (χ1) is 8.18. The van der Waals surface area contributed by atoms with Gasteiger partial charge in [0.1, 0.15) is 5.82 Å². The first-order valence-electron chi connectivity index (χ1n) is 6.39. The van der Waals surface area contributed by atoms with Gasteiger partial charge < -0.3 is 5.73 Å². The van der Waals surface area contributed by atoms with Crippen molar-refractivity contribution >= 4 is 11.6 Å². The molecule has 0 radical (unpaired) electrons. The number of halogens is 2. The maximum absolute atomic E-state index is 13.4. The highest BCUT2D eigenvalue weighted by Gasteiger charge is 2.21. The van der Waals surface area contributed by atoms with Crippen molar-refractivity contribution in [3.63, 3.8) is 0 Å². The molecule has 0 heterocycles. The lowest BCUT2D eigenvalue weighted by Gasteiger charge is -2.22. The van der Waals surface area contributed by atoms with Crippen LogP contribution in [0.3, 0.4) is 0 Å². The van der Waals surface area contributed by atoms with Gasteiger partial charge in [-0.15, -0.1) is 0 Å². The molecule has 1 aromatic rings. The minimum absolute atomic E-state index is 0.0557. The topological polar surface area (TPSA) is 26.0 Å². The van der Waals surface area contributed by atoms with Gasteiger partial charge in [0.05, 0.1) is 5.02 Å². The van der Waals surface area contributed by atoms with E-state index in [1.54, 1.807) is 6.07 Å². The molecule has 2 N–H and O–H groups in total. The summed E-state index contributed by atoms with van der Waals surface area (Å²) in [6.07, 6.45) is 7.41. The van der Waals surface area contributed by atoms with Gasteiger partial charge in [-0.1, -0.05) is 43.4 Å². The Hall–Kier alpha value is -0.600. The van der Waals surface area contributed by atoms with Crippen molar-refractivity contribution in [2.45, 2.75) is 44.6 Å². The van der Waals surface area contributed by atoms with Gasteiger partial charge in [0.25, 0.3) is 0 Å². The molecular formula is C14H19ClFN. The fraction of sp³-hybridized carbons (Fsp3) is 0.571. The van der Waals surface area contributed by atoms with Crippen LogP contribution in [0.25, 0.3) is 0 Å². The second kappa shape index (κ2) is 5.83. The van der Waals surface area contributed by atoms with Crippen molar-refractivity contribution in [1.82, 2.24) is 0 Å². The molecule has 1 atom stereocenters. The minimum Gasteiger partial charge on any atom is -0.324 e. The largest absolute Gasteiger partial charge is 0.324 e. The Morgan fingerprint density at radius 2 is 1.82 bits per heavy atom. The van der Waals surface area contributed by atoms with E-state index in [9.17, 15) is 4.39 Å². The number of hydrogen-bond acceptors (Lipinski definition) is 1. The molecular weight excluding hydrogens is 237 g/mol. The van der Waals surface area contributed by atoms with E-state index < -0.39 is 0 Å². The van der Waals surface area contributed by atoms with E-state index in [2.05, 4.69) is 0 Å². The highest BCUT2D eigenvalue weighted by molar-refractivity contribution is 6.30. The van der Waals surface area contributed by atoms with Crippen LogP contribution >= 0.6 is 11.6 Å². The zero-order valence-electron chi connectivity index (χ0n) is 9.96. The zero-order valence-corrected chi connectivity index (χ0v) is 10.7. The van der Waals surface area contributed by atoms with Crippen molar-refractivity contribution in [2.75, 3.05) is 0 Å². The third-order valence-electron chi connectivity index (χ3n) is 3.74. The predicted molar refractivity (Wildman–Crippen MR) is 69.5 cm³/mol. The molecule has 0 saturated heterocycles. The Balaban J connectivity index is 2.11. The van der Waals surface area contributed by atoms with Gasteiger partial charge in [0.2, 0.25) is 0 Å². The summed E-state index contributed by atoms with van der Waals surface area (Å²) in [7, 11) is 0. The minimum atomic E-state index is -0.367. The fourth-order valence-electron chi connectivity index (χ4n) is 2.66. The summed E-state index contributed by atoms with van der Waals surface area (Å²) < 4.78 is 13.4. The van der Waals surface area contributed by atoms with Crippen LogP contribution in [0.4, 0.5) is 4.39 Å². The molecule has 2 rings (SSSR count). The second-order valence-corrected chi connectivity index (χ2v) is 5.36. The Kier molecular flexibility index (Phi) is 4.41. The van der Waals surface area contributed by atoms with Gasteiger partial charge in [-0.3, -0.25) is 0 Å². The molecule has 0 aliphatic heterocycles. The molecule has 94 valence electrons. The summed E-state index contributed by atoms with van der Waals surface area (Å²) in [5.74, 6) is 0.117. The molecule has 1 unspecified atom stereocenters. The van der Waals surface area contributed by atoms with E-state index in [0.717, 1.165) is 18.4 Å². The number of nitrogens with two attached hydrogens (primary N) is 1. The molecule has 0 bridgehead atoms. The number of rotatable bonds is 2. The van der Waals surface area contributed by atoms with Crippen molar-refractivity contribution in [3.8, 4) is 0 Å². The first kappa shape index (κ1) is 12.8. The van der Waals surface area contributed by atoms with E-state index in [1.807, 2.05) is 6.07 Å². The molecule has 1 saturated carbocycles. The normalized spacial score (nSPS) is 19.9. The zero-order chi connectivity index (χ0) is 12.3. The van der Waals surface area contributed by atoms with Crippen LogP contribution in [0, 0.1) is 11.7 Å². The molecule has 1 aliphatic carbocycles. The Bertz CT molecular complexity index is 372. The van der Waals surface area contributed by atoms with Gasteiger partial charge in [-0.05, 0) is 36.5 Å². The van der Waals surface area contributed by atoms with Crippen LogP contribution in [0.5, 0.6) is 0 Å². The standard InChI is InChI=1S/C14H19ClFN/c15-12-8-7-11(9-13(12)16)14(17)10-5-3-1-2-4-6-10/h7-10,14H,1-6,17H2. The fourth-order valence-corrected chi connectivity index (χ4v) is 2.78. The third kappa shape index (κ3) is 3.20. The molecule has 0 aromatic heterocycles. The quantitative estimate of drug-likeness (QED) is 0.777. The van der Waals surface area contributed by atoms with Crippen LogP contribution in [-0.4, -0.2) is 0 Å². The van der Waals surface area contributed by atoms with Crippen molar-refractivity contribution in [2.24, 2.45) is 11.7 Å². The van der Waals surface area contributed by atoms with E-state index in [-0.39, 0.29) is 16.9 Å². The monoisotopic (exact) mass is 255 g/mol. The lowest BCUT2D eigenvalue weighted by Crippen LogP contribution is -2.21. The average Bonchev–Trinajstić information content (AvgIpc) is 2.60. The summed E-state index contributed by atoms with van der Waals surface area (Å²) >= 11 is 5.68. The maximum Gasteiger partial charge on any atom is 0.142 e. The Labute approximate surface area is 107 Å². The van der Waals surface area contributed by atoms with Gasteiger partial charge in [0, 0.05) is 6.04 Å². The van der Waals surface area contributed by atoms with Crippen molar-refractivity contribution in [3.05, 3.63) is 34.6 Å². The smallest absolute Gasteiger partial charge is 0.142 e. The SMILES string of the molecule is NC(c1ccc(Cl)c(F)c1)C1CCCCCC1. The highest BCUT2D eigenvalue weighted by atomic mass is 35.5. The van der Waals surface area contributed by atoms with Crippen LogP contribution in [0.15, 0.2) is 18.2 Å². The molecule has 1 aromatic carbocycles. The van der Waals surface area contributed by atoms with Gasteiger partial charge in [0.15, 0.2) is 0 Å². The summed E-state index contributed by atoms with van der Waals surface area (Å²) in [5, 5.41) is 0.168. The van der Waals surface area contributed by atoms with Crippen LogP contribution in [0.1, 0.15) is 50.1 Å². The Morgan fingerprint density at radius 3 is 2.41 bits per heavy atom. The van der Waals surface area contributed by atoms with Gasteiger partial charge in [-0.25, -0.2) is 4.39 Å². The van der Waals surface area contributed by atoms with E-state index >= 15 is 0 Å². The van der Waals surface area contributed by atoms with E-state index in [0.29, 0.717) is 5.92 Å². The van der Waals surface area contributed by atoms with Crippen molar-refractivity contribution < 1.29 is 4.39 Å². The highest BCUT2D eigenvalue weighted by Crippen LogP contribution is 2.32. The summed E-state index contributed by atoms with van der Waals surface area (Å²) in [6, 6.07) is 4.88. The molecule has 17 heavy (non-hydrogen) atoms. The van der Waals surface area contributed by atoms with Gasteiger partial charge in [-0.2, -0.15) is 0 Å². The van der Waals surface area contributed by atoms with Crippen molar-refractivity contribution in [1.29, 1.82) is 0 Å². The lowest BCUT2D eigenvalue weighted by atomic mass is 9.88.